The Morgan fingerprint density at radius 3 is 2.06 bits per heavy atom. The van der Waals surface area contributed by atoms with Crippen LogP contribution in [0.3, 0.4) is 0 Å². The monoisotopic (exact) mass is 245 g/mol. The molecule has 88 valence electrons. The largest absolute Gasteiger partial charge is 0.588 e. The van der Waals surface area contributed by atoms with Crippen molar-refractivity contribution in [1.82, 2.24) is 0 Å². The van der Waals surface area contributed by atoms with Gasteiger partial charge in [0.05, 0.1) is 5.69 Å². The molecule has 2 aromatic carbocycles. The summed E-state index contributed by atoms with van der Waals surface area (Å²) in [6.07, 6.45) is 0. The molecule has 0 saturated carbocycles. The van der Waals surface area contributed by atoms with Gasteiger partial charge < -0.3 is 4.55 Å². The molecule has 2 rings (SSSR count). The summed E-state index contributed by atoms with van der Waals surface area (Å²) in [5.41, 5.74) is 3.17. The Bertz CT molecular complexity index is 479. The van der Waals surface area contributed by atoms with E-state index >= 15 is 0 Å². The Hall–Kier alpha value is -1.45. The van der Waals surface area contributed by atoms with E-state index in [-0.39, 0.29) is 0 Å². The molecule has 1 N–H and O–H groups in total. The summed E-state index contributed by atoms with van der Waals surface area (Å²) in [4.78, 5) is 0.787. The van der Waals surface area contributed by atoms with Gasteiger partial charge >= 0.3 is 0 Å². The van der Waals surface area contributed by atoms with Crippen LogP contribution >= 0.6 is 0 Å². The summed E-state index contributed by atoms with van der Waals surface area (Å²) in [7, 11) is 0. The van der Waals surface area contributed by atoms with Gasteiger partial charge in [-0.3, -0.25) is 0 Å². The van der Waals surface area contributed by atoms with Crippen molar-refractivity contribution < 1.29 is 4.55 Å². The van der Waals surface area contributed by atoms with Gasteiger partial charge in [-0.1, -0.05) is 36.4 Å². The Labute approximate surface area is 105 Å². The molecule has 0 heterocycles. The molecule has 0 aliphatic heterocycles. The lowest BCUT2D eigenvalue weighted by Crippen LogP contribution is -2.14. The molecular weight excluding hydrogens is 230 g/mol. The van der Waals surface area contributed by atoms with Crippen LogP contribution in [-0.4, -0.2) is 4.55 Å². The first-order chi connectivity index (χ1) is 8.18. The van der Waals surface area contributed by atoms with Gasteiger partial charge in [0.1, 0.15) is 11.4 Å². The van der Waals surface area contributed by atoms with Crippen LogP contribution in [0, 0.1) is 13.8 Å². The fraction of sp³-hybridized carbons (Fsp3) is 0.143. The predicted octanol–water partition coefficient (Wildman–Crippen LogP) is 3.44. The first kappa shape index (κ1) is 12.0. The van der Waals surface area contributed by atoms with Crippen LogP contribution in [0.4, 0.5) is 5.69 Å². The van der Waals surface area contributed by atoms with Crippen molar-refractivity contribution in [2.24, 2.45) is 0 Å². The van der Waals surface area contributed by atoms with E-state index in [2.05, 4.69) is 4.72 Å². The Morgan fingerprint density at radius 1 is 0.882 bits per heavy atom. The standard InChI is InChI=1S/C14H15NOS/c1-11-7-6-8-12(2)14(11)15-17(16)13-9-4-3-5-10-13/h3-10,15H,1-2H3. The number of anilines is 1. The Morgan fingerprint density at radius 2 is 1.47 bits per heavy atom. The number of para-hydroxylation sites is 1. The van der Waals surface area contributed by atoms with Crippen LogP contribution in [0.5, 0.6) is 0 Å². The number of hydrogen-bond donors (Lipinski definition) is 1. The molecule has 1 atom stereocenters. The average Bonchev–Trinajstić information content (AvgIpc) is 2.35. The van der Waals surface area contributed by atoms with E-state index in [1.165, 1.54) is 0 Å². The molecular formula is C14H15NOS. The lowest BCUT2D eigenvalue weighted by molar-refractivity contribution is 0.600. The van der Waals surface area contributed by atoms with Crippen LogP contribution in [0.15, 0.2) is 53.4 Å². The second kappa shape index (κ2) is 5.25. The number of aryl methyl sites for hydroxylation is 2. The molecule has 0 aromatic heterocycles. The molecule has 0 radical (unpaired) electrons. The first-order valence-corrected chi connectivity index (χ1v) is 6.63. The highest BCUT2D eigenvalue weighted by molar-refractivity contribution is 7.92. The van der Waals surface area contributed by atoms with Crippen molar-refractivity contribution in [2.75, 3.05) is 4.72 Å². The van der Waals surface area contributed by atoms with Crippen LogP contribution in [0.1, 0.15) is 11.1 Å². The zero-order valence-corrected chi connectivity index (χ0v) is 10.8. The van der Waals surface area contributed by atoms with Crippen molar-refractivity contribution in [3.63, 3.8) is 0 Å². The fourth-order valence-electron chi connectivity index (χ4n) is 1.67. The third kappa shape index (κ3) is 2.81. The highest BCUT2D eigenvalue weighted by Crippen LogP contribution is 2.23. The summed E-state index contributed by atoms with van der Waals surface area (Å²) in [5, 5.41) is 0. The van der Waals surface area contributed by atoms with Crippen molar-refractivity contribution in [2.45, 2.75) is 18.7 Å². The summed E-state index contributed by atoms with van der Waals surface area (Å²) in [6.45, 7) is 4.02. The van der Waals surface area contributed by atoms with E-state index in [0.29, 0.717) is 0 Å². The summed E-state index contributed by atoms with van der Waals surface area (Å²) in [6, 6.07) is 15.4. The lowest BCUT2D eigenvalue weighted by atomic mass is 10.1. The van der Waals surface area contributed by atoms with Gasteiger partial charge in [-0.25, -0.2) is 4.72 Å². The maximum absolute atomic E-state index is 12.1. The number of hydrogen-bond acceptors (Lipinski definition) is 2. The first-order valence-electron chi connectivity index (χ1n) is 5.48. The predicted molar refractivity (Wildman–Crippen MR) is 72.4 cm³/mol. The third-order valence-electron chi connectivity index (χ3n) is 2.63. The van der Waals surface area contributed by atoms with Gasteiger partial charge in [0, 0.05) is 0 Å². The molecule has 2 nitrogen and oxygen atoms in total. The molecule has 0 amide bonds. The topological polar surface area (TPSA) is 35.1 Å². The molecule has 0 fully saturated rings. The number of benzene rings is 2. The van der Waals surface area contributed by atoms with Crippen LogP contribution in [0.25, 0.3) is 0 Å². The minimum Gasteiger partial charge on any atom is -0.588 e. The van der Waals surface area contributed by atoms with Crippen molar-refractivity contribution in [1.29, 1.82) is 0 Å². The normalized spacial score (nSPS) is 12.2. The van der Waals surface area contributed by atoms with E-state index in [9.17, 15) is 4.55 Å². The van der Waals surface area contributed by atoms with Crippen molar-refractivity contribution in [3.05, 3.63) is 59.7 Å². The average molecular weight is 245 g/mol. The highest BCUT2D eigenvalue weighted by atomic mass is 32.2. The minimum absolute atomic E-state index is 0.787. The van der Waals surface area contributed by atoms with E-state index < -0.39 is 11.4 Å². The number of nitrogens with one attached hydrogen (secondary N) is 1. The van der Waals surface area contributed by atoms with Crippen LogP contribution in [-0.2, 0) is 11.4 Å². The molecule has 0 bridgehead atoms. The Kier molecular flexibility index (Phi) is 3.71. The SMILES string of the molecule is Cc1cccc(C)c1N[S+]([O-])c1ccccc1. The van der Waals surface area contributed by atoms with Gasteiger partial charge in [-0.2, -0.15) is 0 Å². The molecule has 3 heteroatoms. The van der Waals surface area contributed by atoms with E-state index in [1.807, 2.05) is 62.4 Å². The zero-order valence-electron chi connectivity index (χ0n) is 9.94. The second-order valence-corrected chi connectivity index (χ2v) is 5.16. The summed E-state index contributed by atoms with van der Waals surface area (Å²) in [5.74, 6) is 0. The highest BCUT2D eigenvalue weighted by Gasteiger charge is 2.13. The van der Waals surface area contributed by atoms with Gasteiger partial charge in [-0.05, 0) is 37.1 Å². The molecule has 0 aliphatic carbocycles. The smallest absolute Gasteiger partial charge is 0.179 e. The van der Waals surface area contributed by atoms with E-state index in [0.717, 1.165) is 21.7 Å². The zero-order chi connectivity index (χ0) is 12.3. The molecule has 2 aromatic rings. The molecule has 17 heavy (non-hydrogen) atoms. The second-order valence-electron chi connectivity index (χ2n) is 3.95. The van der Waals surface area contributed by atoms with Gasteiger partial charge in [-0.15, -0.1) is 0 Å². The number of rotatable bonds is 3. The van der Waals surface area contributed by atoms with Crippen LogP contribution in [0.2, 0.25) is 0 Å². The van der Waals surface area contributed by atoms with Gasteiger partial charge in [0.15, 0.2) is 4.90 Å². The van der Waals surface area contributed by atoms with Gasteiger partial charge in [0.25, 0.3) is 0 Å². The van der Waals surface area contributed by atoms with Crippen molar-refractivity contribution in [3.8, 4) is 0 Å². The Balaban J connectivity index is 2.22. The summed E-state index contributed by atoms with van der Waals surface area (Å²) < 4.78 is 15.2. The lowest BCUT2D eigenvalue weighted by Gasteiger charge is -2.14. The molecule has 0 saturated heterocycles. The van der Waals surface area contributed by atoms with E-state index in [4.69, 9.17) is 0 Å². The van der Waals surface area contributed by atoms with Crippen LogP contribution < -0.4 is 4.72 Å². The summed E-state index contributed by atoms with van der Waals surface area (Å²) >= 11 is -1.20. The maximum Gasteiger partial charge on any atom is 0.179 e. The quantitative estimate of drug-likeness (QED) is 0.841. The molecule has 0 aliphatic rings. The minimum atomic E-state index is -1.20. The fourth-order valence-corrected chi connectivity index (χ4v) is 2.70. The molecule has 1 unspecified atom stereocenters. The van der Waals surface area contributed by atoms with Gasteiger partial charge in [0.2, 0.25) is 0 Å². The third-order valence-corrected chi connectivity index (χ3v) is 3.72. The molecule has 0 spiro atoms. The van der Waals surface area contributed by atoms with Crippen molar-refractivity contribution >= 4 is 17.0 Å². The van der Waals surface area contributed by atoms with E-state index in [1.54, 1.807) is 0 Å². The maximum atomic E-state index is 12.1.